The highest BCUT2D eigenvalue weighted by Gasteiger charge is 2.39. The minimum Gasteiger partial charge on any atom is -0.497 e. The van der Waals surface area contributed by atoms with Crippen LogP contribution in [-0.4, -0.2) is 59.8 Å². The summed E-state index contributed by atoms with van der Waals surface area (Å²) in [5.74, 6) is 0.228. The van der Waals surface area contributed by atoms with Gasteiger partial charge in [-0.25, -0.2) is 4.98 Å². The lowest BCUT2D eigenvalue weighted by atomic mass is 9.94. The number of carbonyl (C=O) groups excluding carboxylic acids is 3. The molecule has 1 saturated heterocycles. The standard InChI is InChI=1S/C28H30N4O4S/c1-18-29-21(17-37-18)16-30(2)26(33)20-11-13-31(14-12-20)24-6-4-5-23-25(24)28(35)32(27(23)34)15-19-7-9-22(36-3)10-8-19/h4-10,17,20H,11-16H2,1-3H3. The van der Waals surface area contributed by atoms with Crippen LogP contribution in [0.2, 0.25) is 0 Å². The van der Waals surface area contributed by atoms with Crippen LogP contribution >= 0.6 is 11.3 Å². The van der Waals surface area contributed by atoms with Gasteiger partial charge < -0.3 is 14.5 Å². The molecule has 0 radical (unpaired) electrons. The molecule has 3 amide bonds. The molecule has 0 N–H and O–H groups in total. The summed E-state index contributed by atoms with van der Waals surface area (Å²) in [5, 5.41) is 2.99. The first-order chi connectivity index (χ1) is 17.9. The van der Waals surface area contributed by atoms with E-state index in [1.54, 1.807) is 29.4 Å². The molecule has 2 aromatic carbocycles. The van der Waals surface area contributed by atoms with E-state index in [0.29, 0.717) is 43.6 Å². The fourth-order valence-corrected chi connectivity index (χ4v) is 5.72. The number of hydrogen-bond donors (Lipinski definition) is 0. The lowest BCUT2D eigenvalue weighted by Crippen LogP contribution is -2.41. The minimum atomic E-state index is -0.276. The molecule has 0 atom stereocenters. The third-order valence-corrected chi connectivity index (χ3v) is 7.93. The molecule has 9 heteroatoms. The van der Waals surface area contributed by atoms with E-state index in [0.717, 1.165) is 27.7 Å². The van der Waals surface area contributed by atoms with Gasteiger partial charge in [0.1, 0.15) is 5.75 Å². The lowest BCUT2D eigenvalue weighted by molar-refractivity contribution is -0.135. The number of aryl methyl sites for hydroxylation is 1. The molecule has 0 bridgehead atoms. The van der Waals surface area contributed by atoms with E-state index in [1.807, 2.05) is 55.7 Å². The number of nitrogens with zero attached hydrogens (tertiary/aromatic N) is 4. The maximum atomic E-state index is 13.4. The highest BCUT2D eigenvalue weighted by Crippen LogP contribution is 2.35. The van der Waals surface area contributed by atoms with Crippen molar-refractivity contribution in [3.05, 3.63) is 75.2 Å². The Balaban J connectivity index is 1.26. The maximum Gasteiger partial charge on any atom is 0.263 e. The van der Waals surface area contributed by atoms with Crippen molar-refractivity contribution in [3.8, 4) is 5.75 Å². The topological polar surface area (TPSA) is 83.1 Å². The number of benzene rings is 2. The molecule has 0 saturated carbocycles. The molecule has 0 spiro atoms. The molecule has 37 heavy (non-hydrogen) atoms. The van der Waals surface area contributed by atoms with Gasteiger partial charge >= 0.3 is 0 Å². The maximum absolute atomic E-state index is 13.4. The van der Waals surface area contributed by atoms with Crippen molar-refractivity contribution >= 4 is 34.7 Å². The Kier molecular flexibility index (Phi) is 6.97. The lowest BCUT2D eigenvalue weighted by Gasteiger charge is -2.35. The summed E-state index contributed by atoms with van der Waals surface area (Å²) in [6.45, 7) is 3.98. The predicted octanol–water partition coefficient (Wildman–Crippen LogP) is 4.13. The summed E-state index contributed by atoms with van der Waals surface area (Å²) in [6.07, 6.45) is 1.39. The summed E-state index contributed by atoms with van der Waals surface area (Å²) in [5.41, 5.74) is 3.44. The minimum absolute atomic E-state index is 0.0679. The number of carbonyl (C=O) groups is 3. The zero-order chi connectivity index (χ0) is 26.1. The average molecular weight is 519 g/mol. The summed E-state index contributed by atoms with van der Waals surface area (Å²) >= 11 is 1.59. The quantitative estimate of drug-likeness (QED) is 0.438. The zero-order valence-corrected chi connectivity index (χ0v) is 22.1. The average Bonchev–Trinajstić information content (AvgIpc) is 3.44. The van der Waals surface area contributed by atoms with Crippen molar-refractivity contribution in [2.75, 3.05) is 32.1 Å². The molecule has 0 aliphatic carbocycles. The number of methoxy groups -OCH3 is 1. The van der Waals surface area contributed by atoms with Gasteiger partial charge in [-0.15, -0.1) is 11.3 Å². The zero-order valence-electron chi connectivity index (χ0n) is 21.3. The number of amides is 3. The number of piperidine rings is 1. The second-order valence-corrected chi connectivity index (χ2v) is 10.6. The van der Waals surface area contributed by atoms with Crippen LogP contribution < -0.4 is 9.64 Å². The molecular weight excluding hydrogens is 488 g/mol. The number of thiazole rings is 1. The fourth-order valence-electron chi connectivity index (χ4n) is 5.12. The molecule has 2 aliphatic rings. The van der Waals surface area contributed by atoms with E-state index in [4.69, 9.17) is 4.74 Å². The first-order valence-corrected chi connectivity index (χ1v) is 13.3. The summed E-state index contributed by atoms with van der Waals surface area (Å²) < 4.78 is 5.20. The van der Waals surface area contributed by atoms with Gasteiger partial charge in [0.2, 0.25) is 5.91 Å². The summed E-state index contributed by atoms with van der Waals surface area (Å²) in [4.78, 5) is 49.3. The second-order valence-electron chi connectivity index (χ2n) is 9.56. The van der Waals surface area contributed by atoms with Crippen molar-refractivity contribution in [2.24, 2.45) is 5.92 Å². The van der Waals surface area contributed by atoms with E-state index >= 15 is 0 Å². The third-order valence-electron chi connectivity index (χ3n) is 7.10. The van der Waals surface area contributed by atoms with Crippen molar-refractivity contribution in [1.29, 1.82) is 0 Å². The second kappa shape index (κ2) is 10.3. The summed E-state index contributed by atoms with van der Waals surface area (Å²) in [6, 6.07) is 12.8. The smallest absolute Gasteiger partial charge is 0.263 e. The molecule has 1 aromatic heterocycles. The molecular formula is C28H30N4O4S. The van der Waals surface area contributed by atoms with Gasteiger partial charge in [-0.3, -0.25) is 19.3 Å². The van der Waals surface area contributed by atoms with Gasteiger partial charge in [-0.1, -0.05) is 18.2 Å². The highest BCUT2D eigenvalue weighted by molar-refractivity contribution is 7.09. The van der Waals surface area contributed by atoms with Crippen LogP contribution in [0.4, 0.5) is 5.69 Å². The Morgan fingerprint density at radius 2 is 1.84 bits per heavy atom. The Labute approximate surface area is 220 Å². The Morgan fingerprint density at radius 1 is 1.11 bits per heavy atom. The van der Waals surface area contributed by atoms with E-state index in [2.05, 4.69) is 9.88 Å². The number of ether oxygens (including phenoxy) is 1. The molecule has 8 nitrogen and oxygen atoms in total. The van der Waals surface area contributed by atoms with E-state index in [-0.39, 0.29) is 30.2 Å². The third kappa shape index (κ3) is 4.96. The normalized spacial score (nSPS) is 15.8. The van der Waals surface area contributed by atoms with Gasteiger partial charge in [-0.2, -0.15) is 0 Å². The predicted molar refractivity (Wildman–Crippen MR) is 142 cm³/mol. The van der Waals surface area contributed by atoms with Crippen LogP contribution in [0.5, 0.6) is 5.75 Å². The van der Waals surface area contributed by atoms with Crippen LogP contribution in [-0.2, 0) is 17.9 Å². The van der Waals surface area contributed by atoms with Crippen LogP contribution in [0.25, 0.3) is 0 Å². The van der Waals surface area contributed by atoms with Crippen molar-refractivity contribution in [3.63, 3.8) is 0 Å². The van der Waals surface area contributed by atoms with Crippen molar-refractivity contribution in [2.45, 2.75) is 32.9 Å². The fraction of sp³-hybridized carbons (Fsp3) is 0.357. The molecule has 3 heterocycles. The Morgan fingerprint density at radius 3 is 2.49 bits per heavy atom. The monoisotopic (exact) mass is 518 g/mol. The number of rotatable bonds is 7. The Bertz CT molecular complexity index is 1330. The van der Waals surface area contributed by atoms with E-state index < -0.39 is 0 Å². The molecule has 2 aliphatic heterocycles. The van der Waals surface area contributed by atoms with Gasteiger partial charge in [0.05, 0.1) is 47.7 Å². The largest absolute Gasteiger partial charge is 0.497 e. The van der Waals surface area contributed by atoms with Gasteiger partial charge in [0.15, 0.2) is 0 Å². The number of hydrogen-bond acceptors (Lipinski definition) is 7. The number of imide groups is 1. The van der Waals surface area contributed by atoms with Crippen molar-refractivity contribution < 1.29 is 19.1 Å². The van der Waals surface area contributed by atoms with E-state index in [1.165, 1.54) is 4.90 Å². The van der Waals surface area contributed by atoms with Gasteiger partial charge in [-0.05, 0) is 49.6 Å². The molecule has 1 fully saturated rings. The molecule has 3 aromatic rings. The first-order valence-electron chi connectivity index (χ1n) is 12.4. The SMILES string of the molecule is COc1ccc(CN2C(=O)c3cccc(N4CCC(C(=O)N(C)Cc5csc(C)n5)CC4)c3C2=O)cc1. The number of anilines is 1. The van der Waals surface area contributed by atoms with Crippen LogP contribution in [0.15, 0.2) is 47.8 Å². The highest BCUT2D eigenvalue weighted by atomic mass is 32.1. The molecule has 5 rings (SSSR count). The van der Waals surface area contributed by atoms with Crippen LogP contribution in [0.1, 0.15) is 49.8 Å². The Hall–Kier alpha value is -3.72. The van der Waals surface area contributed by atoms with Crippen LogP contribution in [0, 0.1) is 12.8 Å². The van der Waals surface area contributed by atoms with E-state index in [9.17, 15) is 14.4 Å². The van der Waals surface area contributed by atoms with Crippen molar-refractivity contribution in [1.82, 2.24) is 14.8 Å². The van der Waals surface area contributed by atoms with Gasteiger partial charge in [0.25, 0.3) is 11.8 Å². The molecule has 192 valence electrons. The first kappa shape index (κ1) is 25.0. The van der Waals surface area contributed by atoms with Crippen LogP contribution in [0.3, 0.4) is 0 Å². The molecule has 0 unspecified atom stereocenters. The van der Waals surface area contributed by atoms with Gasteiger partial charge in [0, 0.05) is 31.4 Å². The summed E-state index contributed by atoms with van der Waals surface area (Å²) in [7, 11) is 3.43. The number of aromatic nitrogens is 1. The number of fused-ring (bicyclic) bond motifs is 1.